The van der Waals surface area contributed by atoms with Gasteiger partial charge in [0, 0.05) is 43.5 Å². The molecule has 3 fully saturated rings. The molecule has 140 valence electrons. The highest BCUT2D eigenvalue weighted by Gasteiger charge is 2.30. The summed E-state index contributed by atoms with van der Waals surface area (Å²) in [4.78, 5) is 27.2. The Hall–Kier alpha value is -2.08. The number of nitrogens with one attached hydrogen (secondary N) is 2. The van der Waals surface area contributed by atoms with Crippen molar-refractivity contribution in [3.63, 3.8) is 0 Å². The van der Waals surface area contributed by atoms with Crippen molar-refractivity contribution in [3.05, 3.63) is 23.8 Å². The van der Waals surface area contributed by atoms with Gasteiger partial charge in [0.15, 0.2) is 0 Å². The highest BCUT2D eigenvalue weighted by atomic mass is 16.5. The number of benzene rings is 1. The zero-order valence-corrected chi connectivity index (χ0v) is 15.1. The van der Waals surface area contributed by atoms with Gasteiger partial charge in [-0.25, -0.2) is 0 Å². The van der Waals surface area contributed by atoms with Crippen LogP contribution in [0.3, 0.4) is 0 Å². The number of nitrogens with zero attached hydrogens (tertiary/aromatic N) is 1. The van der Waals surface area contributed by atoms with Crippen molar-refractivity contribution in [1.29, 1.82) is 0 Å². The maximum absolute atomic E-state index is 12.9. The van der Waals surface area contributed by atoms with Crippen molar-refractivity contribution in [3.8, 4) is 0 Å². The van der Waals surface area contributed by atoms with E-state index in [-0.39, 0.29) is 23.8 Å². The summed E-state index contributed by atoms with van der Waals surface area (Å²) in [6.07, 6.45) is 6.40. The summed E-state index contributed by atoms with van der Waals surface area (Å²) >= 11 is 0. The van der Waals surface area contributed by atoms with Crippen molar-refractivity contribution >= 4 is 23.2 Å². The predicted molar refractivity (Wildman–Crippen MR) is 101 cm³/mol. The molecule has 0 radical (unpaired) electrons. The van der Waals surface area contributed by atoms with E-state index >= 15 is 0 Å². The monoisotopic (exact) mass is 357 g/mol. The number of hydrogen-bond donors (Lipinski definition) is 2. The molecule has 2 amide bonds. The first kappa shape index (κ1) is 17.3. The van der Waals surface area contributed by atoms with Crippen molar-refractivity contribution < 1.29 is 14.3 Å². The molecule has 1 atom stereocenters. The van der Waals surface area contributed by atoms with E-state index in [1.807, 2.05) is 18.2 Å². The van der Waals surface area contributed by atoms with E-state index in [0.29, 0.717) is 17.8 Å². The smallest absolute Gasteiger partial charge is 0.253 e. The Morgan fingerprint density at radius 3 is 2.62 bits per heavy atom. The molecule has 0 aromatic heterocycles. The Bertz CT molecular complexity index is 675. The lowest BCUT2D eigenvalue weighted by atomic mass is 10.1. The molecular formula is C20H27N3O3. The Morgan fingerprint density at radius 1 is 1.12 bits per heavy atom. The van der Waals surface area contributed by atoms with Gasteiger partial charge >= 0.3 is 0 Å². The number of hydrogen-bond acceptors (Lipinski definition) is 4. The average Bonchev–Trinajstić information content (AvgIpc) is 3.13. The first-order chi connectivity index (χ1) is 12.7. The molecule has 26 heavy (non-hydrogen) atoms. The molecule has 2 saturated heterocycles. The van der Waals surface area contributed by atoms with E-state index in [1.165, 1.54) is 0 Å². The van der Waals surface area contributed by atoms with Crippen LogP contribution in [0.5, 0.6) is 0 Å². The van der Waals surface area contributed by atoms with Crippen LogP contribution in [0.2, 0.25) is 0 Å². The van der Waals surface area contributed by atoms with Crippen LogP contribution in [-0.2, 0) is 9.53 Å². The molecule has 2 heterocycles. The topological polar surface area (TPSA) is 70.7 Å². The molecule has 0 spiro atoms. The maximum Gasteiger partial charge on any atom is 0.253 e. The molecule has 6 heteroatoms. The number of amides is 2. The van der Waals surface area contributed by atoms with E-state index in [2.05, 4.69) is 15.5 Å². The van der Waals surface area contributed by atoms with E-state index in [1.54, 1.807) is 0 Å². The van der Waals surface area contributed by atoms with E-state index in [4.69, 9.17) is 4.74 Å². The molecule has 0 bridgehead atoms. The Morgan fingerprint density at radius 2 is 1.92 bits per heavy atom. The fourth-order valence-corrected chi connectivity index (χ4v) is 3.73. The molecule has 1 aromatic carbocycles. The summed E-state index contributed by atoms with van der Waals surface area (Å²) in [5.74, 6) is 0.111. The standard InChI is InChI=1S/C20H27N3O3/c24-19(14-5-6-14)22-15-7-8-18(23-9-1-2-10-23)17(12-15)20(25)21-13-16-4-3-11-26-16/h7-8,12,14,16H,1-6,9-11,13H2,(H,21,25)(H,22,24). The molecule has 4 rings (SSSR count). The van der Waals surface area contributed by atoms with Gasteiger partial charge in [-0.1, -0.05) is 0 Å². The van der Waals surface area contributed by atoms with Gasteiger partial charge in [0.1, 0.15) is 0 Å². The lowest BCUT2D eigenvalue weighted by molar-refractivity contribution is -0.117. The van der Waals surface area contributed by atoms with Crippen LogP contribution in [0.1, 0.15) is 48.9 Å². The second kappa shape index (κ2) is 7.66. The van der Waals surface area contributed by atoms with Gasteiger partial charge in [0.05, 0.1) is 11.7 Å². The SMILES string of the molecule is O=C(NCC1CCCO1)c1cc(NC(=O)C2CC2)ccc1N1CCCC1. The zero-order chi connectivity index (χ0) is 17.9. The molecule has 1 saturated carbocycles. The van der Waals surface area contributed by atoms with Crippen LogP contribution in [0.4, 0.5) is 11.4 Å². The molecule has 2 N–H and O–H groups in total. The predicted octanol–water partition coefficient (Wildman–Crippen LogP) is 2.54. The van der Waals surface area contributed by atoms with Crippen LogP contribution >= 0.6 is 0 Å². The largest absolute Gasteiger partial charge is 0.376 e. The van der Waals surface area contributed by atoms with Gasteiger partial charge in [0.25, 0.3) is 5.91 Å². The first-order valence-electron chi connectivity index (χ1n) is 9.80. The summed E-state index contributed by atoms with van der Waals surface area (Å²) in [7, 11) is 0. The highest BCUT2D eigenvalue weighted by molar-refractivity contribution is 6.02. The van der Waals surface area contributed by atoms with Gasteiger partial charge in [-0.15, -0.1) is 0 Å². The second-order valence-corrected chi connectivity index (χ2v) is 7.53. The maximum atomic E-state index is 12.9. The number of rotatable bonds is 6. The molecule has 3 aliphatic rings. The summed E-state index contributed by atoms with van der Waals surface area (Å²) in [6.45, 7) is 3.26. The van der Waals surface area contributed by atoms with Crippen molar-refractivity contribution in [2.45, 2.75) is 44.6 Å². The van der Waals surface area contributed by atoms with Crippen molar-refractivity contribution in [2.75, 3.05) is 36.5 Å². The van der Waals surface area contributed by atoms with Crippen molar-refractivity contribution in [1.82, 2.24) is 5.32 Å². The zero-order valence-electron chi connectivity index (χ0n) is 15.1. The quantitative estimate of drug-likeness (QED) is 0.821. The average molecular weight is 357 g/mol. The van der Waals surface area contributed by atoms with Crippen LogP contribution in [0, 0.1) is 5.92 Å². The highest BCUT2D eigenvalue weighted by Crippen LogP contribution is 2.32. The minimum atomic E-state index is -0.0927. The van der Waals surface area contributed by atoms with Crippen LogP contribution in [0.25, 0.3) is 0 Å². The van der Waals surface area contributed by atoms with E-state index < -0.39 is 0 Å². The lowest BCUT2D eigenvalue weighted by Crippen LogP contribution is -2.33. The number of carbonyl (C=O) groups is 2. The van der Waals surface area contributed by atoms with E-state index in [0.717, 1.165) is 63.9 Å². The third-order valence-electron chi connectivity index (χ3n) is 5.42. The molecule has 1 aliphatic carbocycles. The third-order valence-corrected chi connectivity index (χ3v) is 5.42. The van der Waals surface area contributed by atoms with Gasteiger partial charge in [-0.2, -0.15) is 0 Å². The van der Waals surface area contributed by atoms with Gasteiger partial charge in [-0.3, -0.25) is 9.59 Å². The second-order valence-electron chi connectivity index (χ2n) is 7.53. The number of carbonyl (C=O) groups excluding carboxylic acids is 2. The fourth-order valence-electron chi connectivity index (χ4n) is 3.73. The number of anilines is 2. The minimum absolute atomic E-state index is 0.0598. The van der Waals surface area contributed by atoms with Crippen molar-refractivity contribution in [2.24, 2.45) is 5.92 Å². The fraction of sp³-hybridized carbons (Fsp3) is 0.600. The van der Waals surface area contributed by atoms with Crippen LogP contribution < -0.4 is 15.5 Å². The Labute approximate surface area is 154 Å². The molecule has 6 nitrogen and oxygen atoms in total. The van der Waals surface area contributed by atoms with Gasteiger partial charge in [0.2, 0.25) is 5.91 Å². The minimum Gasteiger partial charge on any atom is -0.376 e. The van der Waals surface area contributed by atoms with Crippen LogP contribution in [0.15, 0.2) is 18.2 Å². The Kier molecular flexibility index (Phi) is 5.11. The number of ether oxygens (including phenoxy) is 1. The third kappa shape index (κ3) is 4.01. The normalized spacial score (nSPS) is 22.5. The molecule has 1 aromatic rings. The van der Waals surface area contributed by atoms with E-state index in [9.17, 15) is 9.59 Å². The van der Waals surface area contributed by atoms with Gasteiger partial charge < -0.3 is 20.3 Å². The van der Waals surface area contributed by atoms with Gasteiger partial charge in [-0.05, 0) is 56.7 Å². The molecule has 1 unspecified atom stereocenters. The summed E-state index contributed by atoms with van der Waals surface area (Å²) in [5, 5.41) is 5.97. The molecule has 2 aliphatic heterocycles. The Balaban J connectivity index is 1.50. The molecular weight excluding hydrogens is 330 g/mol. The summed E-state index contributed by atoms with van der Waals surface area (Å²) < 4.78 is 5.60. The summed E-state index contributed by atoms with van der Waals surface area (Å²) in [5.41, 5.74) is 2.29. The summed E-state index contributed by atoms with van der Waals surface area (Å²) in [6, 6.07) is 5.69. The van der Waals surface area contributed by atoms with Crippen LogP contribution in [-0.4, -0.2) is 44.2 Å². The lowest BCUT2D eigenvalue weighted by Gasteiger charge is -2.22. The first-order valence-corrected chi connectivity index (χ1v) is 9.80.